The molecule has 0 saturated heterocycles. The number of nitrogens with zero attached hydrogens (tertiary/aromatic N) is 2. The van der Waals surface area contributed by atoms with E-state index < -0.39 is 0 Å². The second kappa shape index (κ2) is 5.05. The predicted octanol–water partition coefficient (Wildman–Crippen LogP) is 2.29. The number of ether oxygens (including phenoxy) is 1. The van der Waals surface area contributed by atoms with Crippen molar-refractivity contribution in [3.8, 4) is 5.75 Å². The molecule has 0 aliphatic heterocycles. The van der Waals surface area contributed by atoms with E-state index in [-0.39, 0.29) is 0 Å². The molecule has 1 fully saturated rings. The Morgan fingerprint density at radius 3 is 3.00 bits per heavy atom. The predicted molar refractivity (Wildman–Crippen MR) is 77.3 cm³/mol. The Balaban J connectivity index is 1.72. The minimum atomic E-state index is 0.683. The van der Waals surface area contributed by atoms with Crippen LogP contribution in [0.15, 0.2) is 30.5 Å². The Labute approximate surface area is 113 Å². The summed E-state index contributed by atoms with van der Waals surface area (Å²) in [6, 6.07) is 8.42. The standard InChI is InChI=1S/C15H19N3O/c1-18(11-4-5-11)9-10-19-14-7-6-13(16)12-3-2-8-17-15(12)14/h2-3,6-8,11H,4-5,9-10,16H2,1H3. The van der Waals surface area contributed by atoms with Crippen LogP contribution in [0.3, 0.4) is 0 Å². The van der Waals surface area contributed by atoms with Gasteiger partial charge in [0, 0.05) is 29.9 Å². The van der Waals surface area contributed by atoms with Crippen molar-refractivity contribution in [3.05, 3.63) is 30.5 Å². The van der Waals surface area contributed by atoms with Gasteiger partial charge in [0.25, 0.3) is 0 Å². The van der Waals surface area contributed by atoms with Gasteiger partial charge in [0.2, 0.25) is 0 Å². The van der Waals surface area contributed by atoms with Crippen LogP contribution in [0, 0.1) is 0 Å². The van der Waals surface area contributed by atoms with E-state index in [2.05, 4.69) is 16.9 Å². The lowest BCUT2D eigenvalue weighted by atomic mass is 10.2. The van der Waals surface area contributed by atoms with Crippen LogP contribution < -0.4 is 10.5 Å². The van der Waals surface area contributed by atoms with E-state index in [4.69, 9.17) is 10.5 Å². The summed E-state index contributed by atoms with van der Waals surface area (Å²) in [5, 5.41) is 0.954. The Hall–Kier alpha value is -1.81. The highest BCUT2D eigenvalue weighted by Crippen LogP contribution is 2.28. The van der Waals surface area contributed by atoms with Crippen molar-refractivity contribution < 1.29 is 4.74 Å². The molecule has 100 valence electrons. The van der Waals surface area contributed by atoms with Gasteiger partial charge >= 0.3 is 0 Å². The van der Waals surface area contributed by atoms with Gasteiger partial charge in [-0.3, -0.25) is 4.98 Å². The average molecular weight is 257 g/mol. The van der Waals surface area contributed by atoms with Crippen LogP contribution in [0.25, 0.3) is 10.9 Å². The number of rotatable bonds is 5. The number of fused-ring (bicyclic) bond motifs is 1. The average Bonchev–Trinajstić information content (AvgIpc) is 3.26. The maximum Gasteiger partial charge on any atom is 0.145 e. The van der Waals surface area contributed by atoms with E-state index in [0.717, 1.165) is 34.9 Å². The van der Waals surface area contributed by atoms with Crippen molar-refractivity contribution in [2.24, 2.45) is 0 Å². The zero-order valence-corrected chi connectivity index (χ0v) is 11.2. The van der Waals surface area contributed by atoms with E-state index in [0.29, 0.717) is 6.61 Å². The van der Waals surface area contributed by atoms with Crippen LogP contribution in [0.5, 0.6) is 5.75 Å². The molecule has 0 spiro atoms. The zero-order chi connectivity index (χ0) is 13.2. The number of likely N-dealkylation sites (N-methyl/N-ethyl adjacent to an activating group) is 1. The Morgan fingerprint density at radius 1 is 1.37 bits per heavy atom. The van der Waals surface area contributed by atoms with E-state index in [1.54, 1.807) is 6.20 Å². The summed E-state index contributed by atoms with van der Waals surface area (Å²) < 4.78 is 5.86. The second-order valence-corrected chi connectivity index (χ2v) is 5.11. The van der Waals surface area contributed by atoms with Gasteiger partial charge in [-0.25, -0.2) is 0 Å². The van der Waals surface area contributed by atoms with Crippen LogP contribution in [0.2, 0.25) is 0 Å². The molecule has 19 heavy (non-hydrogen) atoms. The molecule has 0 unspecified atom stereocenters. The SMILES string of the molecule is CN(CCOc1ccc(N)c2cccnc12)C1CC1. The minimum Gasteiger partial charge on any atom is -0.490 e. The Kier molecular flexibility index (Phi) is 3.25. The summed E-state index contributed by atoms with van der Waals surface area (Å²) in [6.45, 7) is 1.63. The third-order valence-electron chi connectivity index (χ3n) is 3.64. The largest absolute Gasteiger partial charge is 0.490 e. The molecule has 4 heteroatoms. The number of nitrogens with two attached hydrogens (primary N) is 1. The monoisotopic (exact) mass is 257 g/mol. The Morgan fingerprint density at radius 2 is 2.21 bits per heavy atom. The quantitative estimate of drug-likeness (QED) is 0.835. The molecular weight excluding hydrogens is 238 g/mol. The van der Waals surface area contributed by atoms with Gasteiger partial charge in [0.05, 0.1) is 0 Å². The normalized spacial score (nSPS) is 15.1. The van der Waals surface area contributed by atoms with Gasteiger partial charge in [0.15, 0.2) is 0 Å². The van der Waals surface area contributed by atoms with E-state index >= 15 is 0 Å². The van der Waals surface area contributed by atoms with Gasteiger partial charge in [0.1, 0.15) is 17.9 Å². The number of aromatic nitrogens is 1. The molecule has 4 nitrogen and oxygen atoms in total. The number of pyridine rings is 1. The number of hydrogen-bond donors (Lipinski definition) is 1. The highest BCUT2D eigenvalue weighted by atomic mass is 16.5. The van der Waals surface area contributed by atoms with Crippen LogP contribution >= 0.6 is 0 Å². The topological polar surface area (TPSA) is 51.4 Å². The first kappa shape index (κ1) is 12.2. The van der Waals surface area contributed by atoms with Crippen LogP contribution in [0.1, 0.15) is 12.8 Å². The summed E-state index contributed by atoms with van der Waals surface area (Å²) in [7, 11) is 2.15. The molecular formula is C15H19N3O. The first-order chi connectivity index (χ1) is 9.25. The maximum atomic E-state index is 5.95. The fraction of sp³-hybridized carbons (Fsp3) is 0.400. The smallest absolute Gasteiger partial charge is 0.145 e. The van der Waals surface area contributed by atoms with E-state index in [1.807, 2.05) is 24.3 Å². The molecule has 0 bridgehead atoms. The van der Waals surface area contributed by atoms with Crippen LogP contribution in [-0.2, 0) is 0 Å². The lowest BCUT2D eigenvalue weighted by molar-refractivity contribution is 0.233. The molecule has 0 atom stereocenters. The molecule has 1 aromatic carbocycles. The van der Waals surface area contributed by atoms with Gasteiger partial charge in [-0.2, -0.15) is 0 Å². The fourth-order valence-corrected chi connectivity index (χ4v) is 2.28. The number of anilines is 1. The van der Waals surface area contributed by atoms with E-state index in [9.17, 15) is 0 Å². The highest BCUT2D eigenvalue weighted by Gasteiger charge is 2.25. The van der Waals surface area contributed by atoms with Crippen molar-refractivity contribution in [2.45, 2.75) is 18.9 Å². The number of benzene rings is 1. The van der Waals surface area contributed by atoms with E-state index in [1.165, 1.54) is 12.8 Å². The van der Waals surface area contributed by atoms with Gasteiger partial charge in [-0.15, -0.1) is 0 Å². The molecule has 3 rings (SSSR count). The summed E-state index contributed by atoms with van der Waals surface area (Å²) >= 11 is 0. The summed E-state index contributed by atoms with van der Waals surface area (Å²) in [5.74, 6) is 0.814. The third-order valence-corrected chi connectivity index (χ3v) is 3.64. The minimum absolute atomic E-state index is 0.683. The molecule has 1 heterocycles. The van der Waals surface area contributed by atoms with Crippen LogP contribution in [-0.4, -0.2) is 36.1 Å². The first-order valence-corrected chi connectivity index (χ1v) is 6.72. The maximum absolute atomic E-state index is 5.95. The number of nitrogen functional groups attached to an aromatic ring is 1. The molecule has 2 N–H and O–H groups in total. The molecule has 2 aromatic rings. The second-order valence-electron chi connectivity index (χ2n) is 5.11. The first-order valence-electron chi connectivity index (χ1n) is 6.72. The molecule has 1 aliphatic rings. The molecule has 1 aliphatic carbocycles. The number of hydrogen-bond acceptors (Lipinski definition) is 4. The summed E-state index contributed by atoms with van der Waals surface area (Å²) in [4.78, 5) is 6.72. The third kappa shape index (κ3) is 2.63. The van der Waals surface area contributed by atoms with Gasteiger partial charge in [-0.05, 0) is 44.2 Å². The van der Waals surface area contributed by atoms with Crippen molar-refractivity contribution in [3.63, 3.8) is 0 Å². The molecule has 1 aromatic heterocycles. The van der Waals surface area contributed by atoms with Crippen molar-refractivity contribution >= 4 is 16.6 Å². The zero-order valence-electron chi connectivity index (χ0n) is 11.2. The highest BCUT2D eigenvalue weighted by molar-refractivity contribution is 5.94. The van der Waals surface area contributed by atoms with Gasteiger partial charge < -0.3 is 15.4 Å². The summed E-state index contributed by atoms with van der Waals surface area (Å²) in [6.07, 6.45) is 4.41. The van der Waals surface area contributed by atoms with Crippen LogP contribution in [0.4, 0.5) is 5.69 Å². The lowest BCUT2D eigenvalue weighted by Gasteiger charge is -2.16. The molecule has 1 saturated carbocycles. The lowest BCUT2D eigenvalue weighted by Crippen LogP contribution is -2.26. The van der Waals surface area contributed by atoms with Crippen molar-refractivity contribution in [1.82, 2.24) is 9.88 Å². The fourth-order valence-electron chi connectivity index (χ4n) is 2.28. The van der Waals surface area contributed by atoms with Crippen molar-refractivity contribution in [1.29, 1.82) is 0 Å². The van der Waals surface area contributed by atoms with Crippen molar-refractivity contribution in [2.75, 3.05) is 25.9 Å². The molecule has 0 amide bonds. The van der Waals surface area contributed by atoms with Gasteiger partial charge in [-0.1, -0.05) is 0 Å². The Bertz CT molecular complexity index is 581. The summed E-state index contributed by atoms with van der Waals surface area (Å²) in [5.41, 5.74) is 7.53. The molecule has 0 radical (unpaired) electrons.